The van der Waals surface area contributed by atoms with Crippen LogP contribution in [0.2, 0.25) is 0 Å². The van der Waals surface area contributed by atoms with Crippen LogP contribution in [0.4, 0.5) is 5.13 Å². The molecule has 0 amide bonds. The van der Waals surface area contributed by atoms with Crippen molar-refractivity contribution >= 4 is 22.4 Å². The Hall–Kier alpha value is -2.08. The van der Waals surface area contributed by atoms with Crippen LogP contribution in [0.3, 0.4) is 0 Å². The molecule has 2 aromatic rings. The smallest absolute Gasteiger partial charge is 0.188 e. The maximum Gasteiger partial charge on any atom is 0.188 e. The molecule has 1 heterocycles. The van der Waals surface area contributed by atoms with Gasteiger partial charge in [-0.3, -0.25) is 0 Å². The highest BCUT2D eigenvalue weighted by molar-refractivity contribution is 7.13. The van der Waals surface area contributed by atoms with E-state index in [1.165, 1.54) is 5.56 Å². The summed E-state index contributed by atoms with van der Waals surface area (Å²) in [4.78, 5) is 10.8. The third-order valence-corrected chi connectivity index (χ3v) is 3.95. The van der Waals surface area contributed by atoms with E-state index in [1.54, 1.807) is 11.3 Å². The summed E-state index contributed by atoms with van der Waals surface area (Å²) in [6.45, 7) is 1.29. The van der Waals surface area contributed by atoms with Crippen molar-refractivity contribution in [3.8, 4) is 0 Å². The summed E-state index contributed by atoms with van der Waals surface area (Å²) in [5, 5.41) is 6.12. The van der Waals surface area contributed by atoms with Gasteiger partial charge in [0.25, 0.3) is 0 Å². The number of aromatic nitrogens is 1. The van der Waals surface area contributed by atoms with E-state index in [4.69, 9.17) is 5.73 Å². The van der Waals surface area contributed by atoms with Gasteiger partial charge in [0.1, 0.15) is 0 Å². The van der Waals surface area contributed by atoms with Crippen molar-refractivity contribution in [3.63, 3.8) is 0 Å². The molecule has 6 heteroatoms. The molecule has 0 aliphatic rings. The minimum absolute atomic E-state index is 0.463. The fourth-order valence-electron chi connectivity index (χ4n) is 1.78. The van der Waals surface area contributed by atoms with Crippen molar-refractivity contribution in [2.75, 3.05) is 25.5 Å². The van der Waals surface area contributed by atoms with Crippen molar-refractivity contribution in [2.24, 2.45) is 10.7 Å². The van der Waals surface area contributed by atoms with Gasteiger partial charge in [-0.25, -0.2) is 9.98 Å². The Morgan fingerprint density at radius 1 is 1.33 bits per heavy atom. The number of nitrogens with zero attached hydrogens (tertiary/aromatic N) is 3. The van der Waals surface area contributed by atoms with Crippen LogP contribution in [0, 0.1) is 0 Å². The number of aliphatic imine (C=N–C) groups is 1. The average molecular weight is 303 g/mol. The van der Waals surface area contributed by atoms with Crippen LogP contribution in [0.25, 0.3) is 0 Å². The van der Waals surface area contributed by atoms with E-state index < -0.39 is 0 Å². The Morgan fingerprint density at radius 3 is 2.76 bits per heavy atom. The fourth-order valence-corrected chi connectivity index (χ4v) is 2.53. The van der Waals surface area contributed by atoms with E-state index in [9.17, 15) is 0 Å². The number of guanidine groups is 1. The zero-order valence-electron chi connectivity index (χ0n) is 12.4. The zero-order valence-corrected chi connectivity index (χ0v) is 13.2. The zero-order chi connectivity index (χ0) is 15.1. The maximum atomic E-state index is 5.86. The quantitative estimate of drug-likeness (QED) is 0.631. The van der Waals surface area contributed by atoms with Gasteiger partial charge in [-0.05, 0) is 12.0 Å². The first-order valence-electron chi connectivity index (χ1n) is 6.84. The molecule has 1 aromatic carbocycles. The lowest BCUT2D eigenvalue weighted by Gasteiger charge is -2.06. The number of thiazole rings is 1. The SMILES string of the molecule is CN(C)c1nc(CN=C(N)NCCc2ccccc2)cs1. The summed E-state index contributed by atoms with van der Waals surface area (Å²) < 4.78 is 0. The van der Waals surface area contributed by atoms with Crippen molar-refractivity contribution in [3.05, 3.63) is 47.0 Å². The predicted octanol–water partition coefficient (Wildman–Crippen LogP) is 1.86. The number of hydrogen-bond acceptors (Lipinski definition) is 4. The largest absolute Gasteiger partial charge is 0.370 e. The van der Waals surface area contributed by atoms with Gasteiger partial charge in [0.2, 0.25) is 0 Å². The summed E-state index contributed by atoms with van der Waals surface area (Å²) in [6.07, 6.45) is 0.929. The molecule has 0 fully saturated rings. The molecule has 0 saturated heterocycles. The second-order valence-corrected chi connectivity index (χ2v) is 5.72. The van der Waals surface area contributed by atoms with Crippen LogP contribution in [0.5, 0.6) is 0 Å². The average Bonchev–Trinajstić information content (AvgIpc) is 2.95. The number of nitrogens with one attached hydrogen (secondary N) is 1. The Kier molecular flexibility index (Phi) is 5.57. The minimum Gasteiger partial charge on any atom is -0.370 e. The molecule has 0 aliphatic heterocycles. The minimum atomic E-state index is 0.463. The first-order chi connectivity index (χ1) is 10.1. The molecule has 5 nitrogen and oxygen atoms in total. The number of rotatable bonds is 6. The number of nitrogens with two attached hydrogens (primary N) is 1. The van der Waals surface area contributed by atoms with Crippen LogP contribution in [0.15, 0.2) is 40.7 Å². The molecule has 3 N–H and O–H groups in total. The lowest BCUT2D eigenvalue weighted by Crippen LogP contribution is -2.33. The molecular formula is C15H21N5S. The van der Waals surface area contributed by atoms with Crippen molar-refractivity contribution in [1.29, 1.82) is 0 Å². The van der Waals surface area contributed by atoms with E-state index in [1.807, 2.05) is 42.6 Å². The fraction of sp³-hybridized carbons (Fsp3) is 0.333. The first-order valence-corrected chi connectivity index (χ1v) is 7.72. The van der Waals surface area contributed by atoms with E-state index in [2.05, 4.69) is 27.4 Å². The molecule has 112 valence electrons. The van der Waals surface area contributed by atoms with Crippen LogP contribution in [-0.2, 0) is 13.0 Å². The van der Waals surface area contributed by atoms with E-state index in [0.717, 1.165) is 23.8 Å². The molecule has 0 saturated carbocycles. The van der Waals surface area contributed by atoms with Crippen molar-refractivity contribution < 1.29 is 0 Å². The highest BCUT2D eigenvalue weighted by atomic mass is 32.1. The van der Waals surface area contributed by atoms with Gasteiger partial charge in [-0.1, -0.05) is 30.3 Å². The second-order valence-electron chi connectivity index (χ2n) is 4.88. The summed E-state index contributed by atoms with van der Waals surface area (Å²) in [5.74, 6) is 0.463. The van der Waals surface area contributed by atoms with Crippen molar-refractivity contribution in [1.82, 2.24) is 10.3 Å². The molecule has 1 aromatic heterocycles. The number of hydrogen-bond donors (Lipinski definition) is 2. The number of benzene rings is 1. The molecule has 0 spiro atoms. The normalized spacial score (nSPS) is 11.4. The Bertz CT molecular complexity index is 577. The summed E-state index contributed by atoms with van der Waals surface area (Å²) in [5.41, 5.74) is 8.08. The topological polar surface area (TPSA) is 66.5 Å². The van der Waals surface area contributed by atoms with Gasteiger partial charge in [0.05, 0.1) is 12.2 Å². The summed E-state index contributed by atoms with van der Waals surface area (Å²) in [7, 11) is 3.96. The number of anilines is 1. The van der Waals surface area contributed by atoms with Gasteiger partial charge in [-0.2, -0.15) is 0 Å². The third-order valence-electron chi connectivity index (χ3n) is 2.90. The third kappa shape index (κ3) is 5.07. The standard InChI is InChI=1S/C15H21N5S/c1-20(2)15-19-13(11-21-15)10-18-14(16)17-9-8-12-6-4-3-5-7-12/h3-7,11H,8-10H2,1-2H3,(H3,16,17,18). The van der Waals surface area contributed by atoms with Crippen molar-refractivity contribution in [2.45, 2.75) is 13.0 Å². The Labute approximate surface area is 129 Å². The Balaban J connectivity index is 1.76. The maximum absolute atomic E-state index is 5.86. The van der Waals surface area contributed by atoms with Gasteiger partial charge in [0, 0.05) is 26.0 Å². The summed E-state index contributed by atoms with van der Waals surface area (Å²) in [6, 6.07) is 10.3. The molecular weight excluding hydrogens is 282 g/mol. The van der Waals surface area contributed by atoms with Crippen LogP contribution in [0.1, 0.15) is 11.3 Å². The molecule has 0 radical (unpaired) electrons. The molecule has 21 heavy (non-hydrogen) atoms. The second kappa shape index (κ2) is 7.64. The molecule has 0 aliphatic carbocycles. The first kappa shape index (κ1) is 15.3. The monoisotopic (exact) mass is 303 g/mol. The van der Waals surface area contributed by atoms with Crippen LogP contribution < -0.4 is 16.0 Å². The van der Waals surface area contributed by atoms with Crippen LogP contribution in [-0.4, -0.2) is 31.6 Å². The van der Waals surface area contributed by atoms with Gasteiger partial charge in [-0.15, -0.1) is 11.3 Å². The lowest BCUT2D eigenvalue weighted by atomic mass is 10.1. The highest BCUT2D eigenvalue weighted by Gasteiger charge is 2.02. The highest BCUT2D eigenvalue weighted by Crippen LogP contribution is 2.18. The predicted molar refractivity (Wildman–Crippen MR) is 89.9 cm³/mol. The molecule has 0 unspecified atom stereocenters. The van der Waals surface area contributed by atoms with E-state index in [-0.39, 0.29) is 0 Å². The van der Waals surface area contributed by atoms with E-state index >= 15 is 0 Å². The van der Waals surface area contributed by atoms with Gasteiger partial charge >= 0.3 is 0 Å². The summed E-state index contributed by atoms with van der Waals surface area (Å²) >= 11 is 1.61. The Morgan fingerprint density at radius 2 is 2.10 bits per heavy atom. The van der Waals surface area contributed by atoms with Crippen LogP contribution >= 0.6 is 11.3 Å². The molecule has 2 rings (SSSR count). The lowest BCUT2D eigenvalue weighted by molar-refractivity contribution is 0.845. The van der Waals surface area contributed by atoms with E-state index in [0.29, 0.717) is 12.5 Å². The van der Waals surface area contributed by atoms with Gasteiger partial charge in [0.15, 0.2) is 11.1 Å². The molecule has 0 bridgehead atoms. The molecule has 0 atom stereocenters. The van der Waals surface area contributed by atoms with Gasteiger partial charge < -0.3 is 16.0 Å².